The number of nitrogens with one attached hydrogen (secondary N) is 1. The van der Waals surface area contributed by atoms with Gasteiger partial charge in [-0.2, -0.15) is 5.10 Å². The van der Waals surface area contributed by atoms with Crippen molar-refractivity contribution in [3.63, 3.8) is 0 Å². The molecule has 1 fully saturated rings. The Bertz CT molecular complexity index is 984. The molecule has 0 atom stereocenters. The fraction of sp³-hybridized carbons (Fsp3) is 0.350. The summed E-state index contributed by atoms with van der Waals surface area (Å²) in [5.41, 5.74) is 3.32. The minimum Gasteiger partial charge on any atom is -0.497 e. The molecule has 1 aliphatic heterocycles. The van der Waals surface area contributed by atoms with E-state index in [2.05, 4.69) is 15.1 Å². The third kappa shape index (κ3) is 2.38. The molecule has 3 heterocycles. The maximum atomic E-state index is 13.3. The first-order chi connectivity index (χ1) is 13.2. The lowest BCUT2D eigenvalue weighted by Gasteiger charge is -2.51. The van der Waals surface area contributed by atoms with E-state index in [0.717, 1.165) is 42.8 Å². The van der Waals surface area contributed by atoms with E-state index in [1.54, 1.807) is 24.2 Å². The van der Waals surface area contributed by atoms with Crippen LogP contribution in [0.3, 0.4) is 0 Å². The number of aromatic nitrogens is 4. The fourth-order valence-corrected chi connectivity index (χ4v) is 4.25. The number of hydrogen-bond acceptors (Lipinski definition) is 4. The topological polar surface area (TPSA) is 76.0 Å². The van der Waals surface area contributed by atoms with Crippen LogP contribution in [0.25, 0.3) is 5.69 Å². The van der Waals surface area contributed by atoms with Crippen molar-refractivity contribution in [2.45, 2.75) is 31.2 Å². The van der Waals surface area contributed by atoms with E-state index >= 15 is 0 Å². The van der Waals surface area contributed by atoms with Crippen molar-refractivity contribution in [3.05, 3.63) is 59.9 Å². The highest BCUT2D eigenvalue weighted by Gasteiger charge is 2.51. The molecule has 1 aromatic carbocycles. The van der Waals surface area contributed by atoms with Crippen LogP contribution in [0.5, 0.6) is 5.75 Å². The second-order valence-electron chi connectivity index (χ2n) is 7.17. The molecular formula is C20H21N5O2. The predicted molar refractivity (Wildman–Crippen MR) is 99.0 cm³/mol. The second kappa shape index (κ2) is 5.97. The van der Waals surface area contributed by atoms with Gasteiger partial charge in [-0.3, -0.25) is 4.79 Å². The number of hydrogen-bond donors (Lipinski definition) is 1. The van der Waals surface area contributed by atoms with E-state index in [-0.39, 0.29) is 11.4 Å². The highest BCUT2D eigenvalue weighted by atomic mass is 16.5. The molecule has 7 nitrogen and oxygen atoms in total. The Balaban J connectivity index is 1.44. The van der Waals surface area contributed by atoms with Crippen LogP contribution >= 0.6 is 0 Å². The number of H-pyrrole nitrogens is 1. The van der Waals surface area contributed by atoms with Crippen LogP contribution in [0.4, 0.5) is 0 Å². The van der Waals surface area contributed by atoms with Crippen molar-refractivity contribution >= 4 is 5.91 Å². The predicted octanol–water partition coefficient (Wildman–Crippen LogP) is 2.68. The van der Waals surface area contributed by atoms with E-state index in [4.69, 9.17) is 4.74 Å². The Kier molecular flexibility index (Phi) is 3.56. The maximum Gasteiger partial charge on any atom is 0.275 e. The van der Waals surface area contributed by atoms with Gasteiger partial charge in [-0.05, 0) is 49.6 Å². The van der Waals surface area contributed by atoms with Gasteiger partial charge in [0.05, 0.1) is 30.4 Å². The molecule has 1 aliphatic carbocycles. The molecular weight excluding hydrogens is 342 g/mol. The SMILES string of the molecule is COc1ccc(-n2ccc(C(=O)N3CCc4[nH]cnc4C34CCC4)n2)cc1. The molecule has 1 N–H and O–H groups in total. The van der Waals surface area contributed by atoms with Crippen LogP contribution < -0.4 is 4.74 Å². The molecule has 138 valence electrons. The van der Waals surface area contributed by atoms with Gasteiger partial charge in [-0.1, -0.05) is 0 Å². The molecule has 27 heavy (non-hydrogen) atoms. The summed E-state index contributed by atoms with van der Waals surface area (Å²) in [4.78, 5) is 23.0. The number of aromatic amines is 1. The van der Waals surface area contributed by atoms with Crippen LogP contribution in [-0.2, 0) is 12.0 Å². The van der Waals surface area contributed by atoms with Crippen LogP contribution in [0, 0.1) is 0 Å². The van der Waals surface area contributed by atoms with Gasteiger partial charge in [0.2, 0.25) is 0 Å². The number of rotatable bonds is 3. The number of ether oxygens (including phenoxy) is 1. The molecule has 2 aromatic heterocycles. The first-order valence-electron chi connectivity index (χ1n) is 9.26. The van der Waals surface area contributed by atoms with Gasteiger partial charge < -0.3 is 14.6 Å². The average Bonchev–Trinajstić information content (AvgIpc) is 3.35. The Morgan fingerprint density at radius 3 is 2.74 bits per heavy atom. The largest absolute Gasteiger partial charge is 0.497 e. The minimum absolute atomic E-state index is 0.0180. The number of nitrogens with zero attached hydrogens (tertiary/aromatic N) is 4. The molecule has 0 unspecified atom stereocenters. The number of imidazole rings is 1. The first kappa shape index (κ1) is 16.1. The zero-order valence-electron chi connectivity index (χ0n) is 15.2. The highest BCUT2D eigenvalue weighted by Crippen LogP contribution is 2.49. The molecule has 5 rings (SSSR count). The van der Waals surface area contributed by atoms with Crippen LogP contribution in [0.2, 0.25) is 0 Å². The van der Waals surface area contributed by atoms with Crippen molar-refractivity contribution in [1.82, 2.24) is 24.6 Å². The zero-order chi connectivity index (χ0) is 18.4. The van der Waals surface area contributed by atoms with Crippen LogP contribution in [0.1, 0.15) is 41.1 Å². The van der Waals surface area contributed by atoms with Gasteiger partial charge in [0, 0.05) is 24.9 Å². The Morgan fingerprint density at radius 1 is 1.22 bits per heavy atom. The molecule has 3 aromatic rings. The molecule has 0 saturated heterocycles. The van der Waals surface area contributed by atoms with Crippen molar-refractivity contribution < 1.29 is 9.53 Å². The lowest BCUT2D eigenvalue weighted by molar-refractivity contribution is 0.00405. The van der Waals surface area contributed by atoms with Crippen LogP contribution in [-0.4, -0.2) is 44.2 Å². The van der Waals surface area contributed by atoms with Crippen LogP contribution in [0.15, 0.2) is 42.9 Å². The van der Waals surface area contributed by atoms with E-state index in [0.29, 0.717) is 12.2 Å². The van der Waals surface area contributed by atoms with Gasteiger partial charge in [-0.15, -0.1) is 0 Å². The van der Waals surface area contributed by atoms with Crippen molar-refractivity contribution in [1.29, 1.82) is 0 Å². The van der Waals surface area contributed by atoms with Gasteiger partial charge in [0.25, 0.3) is 5.91 Å². The van der Waals surface area contributed by atoms with E-state index < -0.39 is 0 Å². The summed E-state index contributed by atoms with van der Waals surface area (Å²) in [5.74, 6) is 0.771. The molecule has 1 saturated carbocycles. The number of carbonyl (C=O) groups excluding carboxylic acids is 1. The van der Waals surface area contributed by atoms with Crippen molar-refractivity contribution in [3.8, 4) is 11.4 Å². The summed E-state index contributed by atoms with van der Waals surface area (Å²) >= 11 is 0. The third-order valence-electron chi connectivity index (χ3n) is 5.83. The Labute approximate surface area is 157 Å². The lowest BCUT2D eigenvalue weighted by atomic mass is 9.70. The summed E-state index contributed by atoms with van der Waals surface area (Å²) < 4.78 is 6.92. The summed E-state index contributed by atoms with van der Waals surface area (Å²) in [7, 11) is 1.64. The molecule has 0 radical (unpaired) electrons. The smallest absolute Gasteiger partial charge is 0.275 e. The summed E-state index contributed by atoms with van der Waals surface area (Å²) in [5, 5.41) is 4.54. The highest BCUT2D eigenvalue weighted by molar-refractivity contribution is 5.93. The summed E-state index contributed by atoms with van der Waals surface area (Å²) in [6.45, 7) is 0.698. The van der Waals surface area contributed by atoms with Gasteiger partial charge in [0.1, 0.15) is 5.75 Å². The van der Waals surface area contributed by atoms with E-state index in [9.17, 15) is 4.79 Å². The molecule has 0 bridgehead atoms. The summed E-state index contributed by atoms with van der Waals surface area (Å²) in [6.07, 6.45) is 7.44. The number of fused-ring (bicyclic) bond motifs is 2. The number of methoxy groups -OCH3 is 1. The molecule has 2 aliphatic rings. The zero-order valence-corrected chi connectivity index (χ0v) is 15.2. The number of amides is 1. The Morgan fingerprint density at radius 2 is 2.04 bits per heavy atom. The average molecular weight is 363 g/mol. The van der Waals surface area contributed by atoms with E-state index in [1.165, 1.54) is 5.69 Å². The third-order valence-corrected chi connectivity index (χ3v) is 5.83. The van der Waals surface area contributed by atoms with Gasteiger partial charge >= 0.3 is 0 Å². The Hall–Kier alpha value is -3.09. The molecule has 1 amide bonds. The summed E-state index contributed by atoms with van der Waals surface area (Å²) in [6, 6.07) is 9.39. The quantitative estimate of drug-likeness (QED) is 0.776. The molecule has 7 heteroatoms. The standard InChI is InChI=1S/C20H21N5O2/c1-27-15-5-3-14(4-6-15)25-12-8-17(23-25)19(26)24-11-7-16-18(22-13-21-16)20(24)9-2-10-20/h3-6,8,12-13H,2,7,9-11H2,1H3,(H,21,22). The normalized spacial score (nSPS) is 17.4. The second-order valence-corrected chi connectivity index (χ2v) is 7.17. The van der Waals surface area contributed by atoms with Crippen molar-refractivity contribution in [2.75, 3.05) is 13.7 Å². The number of benzene rings is 1. The minimum atomic E-state index is -0.255. The lowest BCUT2D eigenvalue weighted by Crippen LogP contribution is -2.57. The monoisotopic (exact) mass is 363 g/mol. The first-order valence-corrected chi connectivity index (χ1v) is 9.26. The maximum absolute atomic E-state index is 13.3. The van der Waals surface area contributed by atoms with Gasteiger partial charge in [0.15, 0.2) is 5.69 Å². The van der Waals surface area contributed by atoms with Crippen molar-refractivity contribution in [2.24, 2.45) is 0 Å². The van der Waals surface area contributed by atoms with Gasteiger partial charge in [-0.25, -0.2) is 9.67 Å². The fourth-order valence-electron chi connectivity index (χ4n) is 4.25. The number of carbonyl (C=O) groups is 1. The molecule has 1 spiro atoms. The van der Waals surface area contributed by atoms with E-state index in [1.807, 2.05) is 35.4 Å².